The van der Waals surface area contributed by atoms with Crippen LogP contribution in [-0.2, 0) is 27.1 Å². The zero-order chi connectivity index (χ0) is 20.0. The molecule has 2 saturated heterocycles. The standard InChI is InChI=1S/C20H32N4O3S.HI/c1-17-7-9-23(10-8-17)20(21-2)22-15-18-5-3-4-6-19(18)16-28(25,26)24-11-13-27-14-12-24;/h3-6,17H,7-16H2,1-2H3,(H,21,22);1H. The molecule has 0 atom stereocenters. The second-order valence-corrected chi connectivity index (χ2v) is 9.58. The lowest BCUT2D eigenvalue weighted by molar-refractivity contribution is 0.0729. The number of hydrogen-bond donors (Lipinski definition) is 1. The van der Waals surface area contributed by atoms with Crippen molar-refractivity contribution in [2.24, 2.45) is 10.9 Å². The number of ether oxygens (including phenoxy) is 1. The minimum absolute atomic E-state index is 0. The summed E-state index contributed by atoms with van der Waals surface area (Å²) in [5.41, 5.74) is 1.83. The van der Waals surface area contributed by atoms with Crippen molar-refractivity contribution in [3.05, 3.63) is 35.4 Å². The molecule has 2 aliphatic heterocycles. The van der Waals surface area contributed by atoms with Crippen LogP contribution in [0.5, 0.6) is 0 Å². The molecule has 164 valence electrons. The second-order valence-electron chi connectivity index (χ2n) is 7.61. The number of morpholine rings is 1. The summed E-state index contributed by atoms with van der Waals surface area (Å²) in [5.74, 6) is 1.67. The van der Waals surface area contributed by atoms with Crippen LogP contribution in [0.15, 0.2) is 29.3 Å². The lowest BCUT2D eigenvalue weighted by Gasteiger charge is -2.33. The van der Waals surface area contributed by atoms with Crippen LogP contribution in [0.2, 0.25) is 0 Å². The van der Waals surface area contributed by atoms with E-state index in [9.17, 15) is 8.42 Å². The molecule has 1 aromatic rings. The molecule has 1 aromatic carbocycles. The van der Waals surface area contributed by atoms with Gasteiger partial charge in [-0.3, -0.25) is 4.99 Å². The Balaban J connectivity index is 0.00000300. The van der Waals surface area contributed by atoms with Crippen LogP contribution in [0.3, 0.4) is 0 Å². The average molecular weight is 536 g/mol. The summed E-state index contributed by atoms with van der Waals surface area (Å²) in [4.78, 5) is 6.71. The first-order valence-corrected chi connectivity index (χ1v) is 11.7. The molecule has 1 N–H and O–H groups in total. The number of aliphatic imine (C=N–C) groups is 1. The van der Waals surface area contributed by atoms with Crippen LogP contribution in [0, 0.1) is 5.92 Å². The van der Waals surface area contributed by atoms with Crippen LogP contribution in [0.25, 0.3) is 0 Å². The molecule has 0 bridgehead atoms. The highest BCUT2D eigenvalue weighted by Crippen LogP contribution is 2.18. The van der Waals surface area contributed by atoms with Gasteiger partial charge >= 0.3 is 0 Å². The lowest BCUT2D eigenvalue weighted by Crippen LogP contribution is -2.45. The number of halogens is 1. The number of guanidine groups is 1. The van der Waals surface area contributed by atoms with Crippen molar-refractivity contribution in [2.75, 3.05) is 46.4 Å². The average Bonchev–Trinajstić information content (AvgIpc) is 2.71. The normalized spacial score (nSPS) is 19.7. The third-order valence-corrected chi connectivity index (χ3v) is 7.38. The van der Waals surface area contributed by atoms with Gasteiger partial charge < -0.3 is 15.0 Å². The maximum Gasteiger partial charge on any atom is 0.218 e. The monoisotopic (exact) mass is 536 g/mol. The van der Waals surface area contributed by atoms with Crippen molar-refractivity contribution in [2.45, 2.75) is 32.1 Å². The van der Waals surface area contributed by atoms with Crippen molar-refractivity contribution >= 4 is 40.0 Å². The summed E-state index contributed by atoms with van der Waals surface area (Å²) >= 11 is 0. The van der Waals surface area contributed by atoms with Crippen molar-refractivity contribution in [1.82, 2.24) is 14.5 Å². The van der Waals surface area contributed by atoms with E-state index in [-0.39, 0.29) is 29.7 Å². The van der Waals surface area contributed by atoms with Gasteiger partial charge in [-0.25, -0.2) is 8.42 Å². The molecule has 9 heteroatoms. The number of nitrogens with zero attached hydrogens (tertiary/aromatic N) is 3. The molecule has 0 aromatic heterocycles. The highest BCUT2D eigenvalue weighted by atomic mass is 127. The van der Waals surface area contributed by atoms with Gasteiger partial charge in [-0.2, -0.15) is 4.31 Å². The Labute approximate surface area is 192 Å². The minimum atomic E-state index is -3.34. The van der Waals surface area contributed by atoms with E-state index in [0.29, 0.717) is 32.8 Å². The van der Waals surface area contributed by atoms with Gasteiger partial charge in [0.1, 0.15) is 0 Å². The van der Waals surface area contributed by atoms with E-state index < -0.39 is 10.0 Å². The first-order valence-electron chi connectivity index (χ1n) is 10.1. The number of likely N-dealkylation sites (tertiary alicyclic amines) is 1. The van der Waals surface area contributed by atoms with Gasteiger partial charge in [-0.15, -0.1) is 24.0 Å². The van der Waals surface area contributed by atoms with Crippen molar-refractivity contribution in [1.29, 1.82) is 0 Å². The fraction of sp³-hybridized carbons (Fsp3) is 0.650. The van der Waals surface area contributed by atoms with Gasteiger partial charge in [0.2, 0.25) is 10.0 Å². The van der Waals surface area contributed by atoms with Crippen LogP contribution < -0.4 is 5.32 Å². The number of nitrogens with one attached hydrogen (secondary N) is 1. The first kappa shape index (κ1) is 24.4. The van der Waals surface area contributed by atoms with Crippen LogP contribution >= 0.6 is 24.0 Å². The molecule has 0 amide bonds. The van der Waals surface area contributed by atoms with Gasteiger partial charge in [0.15, 0.2) is 5.96 Å². The molecule has 0 aliphatic carbocycles. The zero-order valence-corrected chi connectivity index (χ0v) is 20.5. The Morgan fingerprint density at radius 2 is 1.76 bits per heavy atom. The van der Waals surface area contributed by atoms with E-state index in [1.807, 2.05) is 24.3 Å². The first-order chi connectivity index (χ1) is 13.5. The Hall–Kier alpha value is -0.910. The molecule has 2 heterocycles. The van der Waals surface area contributed by atoms with E-state index in [2.05, 4.69) is 22.1 Å². The summed E-state index contributed by atoms with van der Waals surface area (Å²) in [6.07, 6.45) is 2.35. The predicted octanol–water partition coefficient (Wildman–Crippen LogP) is 2.27. The molecule has 2 fully saturated rings. The molecular weight excluding hydrogens is 503 g/mol. The Morgan fingerprint density at radius 1 is 1.14 bits per heavy atom. The highest BCUT2D eigenvalue weighted by molar-refractivity contribution is 14.0. The summed E-state index contributed by atoms with van der Waals surface area (Å²) in [6, 6.07) is 7.74. The topological polar surface area (TPSA) is 74.2 Å². The predicted molar refractivity (Wildman–Crippen MR) is 127 cm³/mol. The molecule has 3 rings (SSSR count). The summed E-state index contributed by atoms with van der Waals surface area (Å²) in [5, 5.41) is 3.42. The zero-order valence-electron chi connectivity index (χ0n) is 17.3. The summed E-state index contributed by atoms with van der Waals surface area (Å²) < 4.78 is 32.4. The molecule has 0 radical (unpaired) electrons. The Kier molecular flexibility index (Phi) is 9.64. The van der Waals surface area contributed by atoms with E-state index in [1.54, 1.807) is 7.05 Å². The van der Waals surface area contributed by atoms with Crippen LogP contribution in [0.4, 0.5) is 0 Å². The van der Waals surface area contributed by atoms with Gasteiger partial charge in [0.25, 0.3) is 0 Å². The molecule has 2 aliphatic rings. The van der Waals surface area contributed by atoms with Crippen LogP contribution in [0.1, 0.15) is 30.9 Å². The number of benzene rings is 1. The fourth-order valence-corrected chi connectivity index (χ4v) is 5.27. The summed E-state index contributed by atoms with van der Waals surface area (Å²) in [7, 11) is -1.54. The molecular formula is C20H33IN4O3S. The Bertz CT molecular complexity index is 774. The van der Waals surface area contributed by atoms with Gasteiger partial charge in [0, 0.05) is 39.8 Å². The smallest absolute Gasteiger partial charge is 0.218 e. The third kappa shape index (κ3) is 6.80. The van der Waals surface area contributed by atoms with E-state index in [0.717, 1.165) is 36.1 Å². The van der Waals surface area contributed by atoms with E-state index in [1.165, 1.54) is 17.1 Å². The van der Waals surface area contributed by atoms with E-state index in [4.69, 9.17) is 4.74 Å². The SMILES string of the molecule is CN=C(NCc1ccccc1CS(=O)(=O)N1CCOCC1)N1CCC(C)CC1.I. The Morgan fingerprint density at radius 3 is 2.38 bits per heavy atom. The number of hydrogen-bond acceptors (Lipinski definition) is 4. The quantitative estimate of drug-likeness (QED) is 0.355. The molecule has 0 unspecified atom stereocenters. The van der Waals surface area contributed by atoms with Gasteiger partial charge in [0.05, 0.1) is 19.0 Å². The maximum atomic E-state index is 12.8. The minimum Gasteiger partial charge on any atom is -0.379 e. The number of rotatable bonds is 5. The van der Waals surface area contributed by atoms with Crippen molar-refractivity contribution in [3.63, 3.8) is 0 Å². The van der Waals surface area contributed by atoms with Crippen LogP contribution in [-0.4, -0.2) is 70.0 Å². The molecule has 0 saturated carbocycles. The number of piperidine rings is 1. The third-order valence-electron chi connectivity index (χ3n) is 5.55. The van der Waals surface area contributed by atoms with E-state index >= 15 is 0 Å². The molecule has 29 heavy (non-hydrogen) atoms. The maximum absolute atomic E-state index is 12.8. The largest absolute Gasteiger partial charge is 0.379 e. The van der Waals surface area contributed by atoms with Crippen molar-refractivity contribution < 1.29 is 13.2 Å². The van der Waals surface area contributed by atoms with Crippen molar-refractivity contribution in [3.8, 4) is 0 Å². The second kappa shape index (κ2) is 11.5. The van der Waals surface area contributed by atoms with Gasteiger partial charge in [-0.1, -0.05) is 31.2 Å². The fourth-order valence-electron chi connectivity index (χ4n) is 3.71. The lowest BCUT2D eigenvalue weighted by atomic mass is 9.99. The van der Waals surface area contributed by atoms with Gasteiger partial charge in [-0.05, 0) is 29.9 Å². The molecule has 7 nitrogen and oxygen atoms in total. The molecule has 0 spiro atoms. The highest BCUT2D eigenvalue weighted by Gasteiger charge is 2.25. The number of sulfonamides is 1. The summed E-state index contributed by atoms with van der Waals surface area (Å²) in [6.45, 7) is 6.67.